The van der Waals surface area contributed by atoms with Gasteiger partial charge in [0.05, 0.1) is 32.0 Å². The van der Waals surface area contributed by atoms with Crippen molar-refractivity contribution in [2.24, 2.45) is 0 Å². The number of anilines is 1. The van der Waals surface area contributed by atoms with E-state index in [1.807, 2.05) is 29.2 Å². The van der Waals surface area contributed by atoms with Crippen LogP contribution in [0, 0.1) is 0 Å². The number of carbonyl (C=O) groups is 1. The summed E-state index contributed by atoms with van der Waals surface area (Å²) >= 11 is 0. The molecule has 0 aromatic heterocycles. The van der Waals surface area contributed by atoms with Crippen LogP contribution in [0.4, 0.5) is 5.69 Å². The van der Waals surface area contributed by atoms with Gasteiger partial charge in [0.1, 0.15) is 0 Å². The van der Waals surface area contributed by atoms with Crippen LogP contribution in [0.1, 0.15) is 37.7 Å². The fraction of sp³-hybridized carbons (Fsp3) is 0.611. The number of likely N-dealkylation sites (tertiary alicyclic amines) is 1. The fourth-order valence-electron chi connectivity index (χ4n) is 3.94. The third-order valence-electron chi connectivity index (χ3n) is 5.17. The van der Waals surface area contributed by atoms with E-state index < -0.39 is 5.79 Å². The number of benzene rings is 1. The Hall–Kier alpha value is -1.43. The topological polar surface area (TPSA) is 43.2 Å². The van der Waals surface area contributed by atoms with Crippen LogP contribution >= 0.6 is 0 Å². The SMILES string of the molecule is O=C1N(C[NH+]2CCCCC2)c2ccccc2C12OCCCCO2. The van der Waals surface area contributed by atoms with Crippen LogP contribution in [0.15, 0.2) is 24.3 Å². The molecule has 3 aliphatic rings. The third-order valence-corrected chi connectivity index (χ3v) is 5.17. The standard InChI is InChI=1S/C18H24N2O3/c21-17-18(22-12-6-7-13-23-18)15-8-2-3-9-16(15)20(17)14-19-10-4-1-5-11-19/h2-3,8-9H,1,4-7,10-14H2/p+1. The fourth-order valence-corrected chi connectivity index (χ4v) is 3.94. The van der Waals surface area contributed by atoms with Gasteiger partial charge in [-0.3, -0.25) is 9.69 Å². The van der Waals surface area contributed by atoms with Gasteiger partial charge in [-0.05, 0) is 38.2 Å². The molecule has 3 aliphatic heterocycles. The number of ether oxygens (including phenoxy) is 2. The van der Waals surface area contributed by atoms with Crippen LogP contribution in [0.2, 0.25) is 0 Å². The van der Waals surface area contributed by atoms with Gasteiger partial charge >= 0.3 is 0 Å². The average Bonchev–Trinajstić information content (AvgIpc) is 2.78. The Morgan fingerprint density at radius 3 is 2.43 bits per heavy atom. The number of hydrogen-bond acceptors (Lipinski definition) is 3. The summed E-state index contributed by atoms with van der Waals surface area (Å²) in [7, 11) is 0. The number of piperidine rings is 1. The van der Waals surface area contributed by atoms with E-state index in [1.54, 1.807) is 0 Å². The van der Waals surface area contributed by atoms with Crippen molar-refractivity contribution in [1.82, 2.24) is 0 Å². The van der Waals surface area contributed by atoms with Gasteiger partial charge in [0.2, 0.25) is 0 Å². The van der Waals surface area contributed by atoms with Gasteiger partial charge in [0.25, 0.3) is 11.7 Å². The zero-order chi connectivity index (χ0) is 15.7. The first-order valence-electron chi connectivity index (χ1n) is 8.84. The van der Waals surface area contributed by atoms with Gasteiger partial charge in [-0.2, -0.15) is 0 Å². The molecule has 1 N–H and O–H groups in total. The van der Waals surface area contributed by atoms with Crippen molar-refractivity contribution in [2.75, 3.05) is 37.9 Å². The monoisotopic (exact) mass is 317 g/mol. The second-order valence-electron chi connectivity index (χ2n) is 6.74. The summed E-state index contributed by atoms with van der Waals surface area (Å²) in [6.45, 7) is 4.14. The molecule has 3 heterocycles. The quantitative estimate of drug-likeness (QED) is 0.886. The Morgan fingerprint density at radius 2 is 1.70 bits per heavy atom. The number of rotatable bonds is 2. The molecule has 0 atom stereocenters. The highest BCUT2D eigenvalue weighted by Crippen LogP contribution is 2.44. The minimum Gasteiger partial charge on any atom is -0.338 e. The summed E-state index contributed by atoms with van der Waals surface area (Å²) in [6.07, 6.45) is 5.68. The number of carbonyl (C=O) groups excluding carboxylic acids is 1. The molecule has 0 radical (unpaired) electrons. The van der Waals surface area contributed by atoms with Gasteiger partial charge in [0, 0.05) is 5.56 Å². The van der Waals surface area contributed by atoms with Gasteiger partial charge in [-0.1, -0.05) is 18.2 Å². The molecular weight excluding hydrogens is 292 g/mol. The molecule has 0 bridgehead atoms. The summed E-state index contributed by atoms with van der Waals surface area (Å²) in [4.78, 5) is 16.6. The molecule has 1 amide bonds. The lowest BCUT2D eigenvalue weighted by Gasteiger charge is -2.30. The highest BCUT2D eigenvalue weighted by molar-refractivity contribution is 6.05. The zero-order valence-electron chi connectivity index (χ0n) is 13.6. The summed E-state index contributed by atoms with van der Waals surface area (Å²) in [5.41, 5.74) is 1.83. The number of fused-ring (bicyclic) bond motifs is 2. The number of para-hydroxylation sites is 1. The Bertz CT molecular complexity index is 575. The zero-order valence-corrected chi connectivity index (χ0v) is 13.6. The predicted octanol–water partition coefficient (Wildman–Crippen LogP) is 1.04. The van der Waals surface area contributed by atoms with Crippen molar-refractivity contribution in [3.05, 3.63) is 29.8 Å². The first kappa shape index (κ1) is 15.1. The smallest absolute Gasteiger partial charge is 0.296 e. The highest BCUT2D eigenvalue weighted by atomic mass is 16.7. The largest absolute Gasteiger partial charge is 0.338 e. The van der Waals surface area contributed by atoms with Crippen molar-refractivity contribution in [3.63, 3.8) is 0 Å². The van der Waals surface area contributed by atoms with E-state index in [9.17, 15) is 4.79 Å². The van der Waals surface area contributed by atoms with Crippen molar-refractivity contribution >= 4 is 11.6 Å². The summed E-state index contributed by atoms with van der Waals surface area (Å²) in [6, 6.07) is 7.94. The molecular formula is C18H25N2O3+. The minimum atomic E-state index is -1.21. The highest BCUT2D eigenvalue weighted by Gasteiger charge is 2.55. The van der Waals surface area contributed by atoms with Crippen molar-refractivity contribution in [1.29, 1.82) is 0 Å². The predicted molar refractivity (Wildman–Crippen MR) is 86.2 cm³/mol. The number of quaternary nitrogens is 1. The molecule has 4 rings (SSSR count). The second-order valence-corrected chi connectivity index (χ2v) is 6.74. The van der Waals surface area contributed by atoms with Crippen molar-refractivity contribution in [2.45, 2.75) is 37.9 Å². The molecule has 0 aliphatic carbocycles. The summed E-state index contributed by atoms with van der Waals surface area (Å²) in [5, 5.41) is 0. The molecule has 0 unspecified atom stereocenters. The Labute approximate surface area is 137 Å². The molecule has 1 spiro atoms. The number of hydrogen-bond donors (Lipinski definition) is 1. The first-order valence-corrected chi connectivity index (χ1v) is 8.84. The molecule has 2 saturated heterocycles. The molecule has 5 heteroatoms. The molecule has 124 valence electrons. The van der Waals surface area contributed by atoms with Crippen LogP contribution in [-0.4, -0.2) is 38.9 Å². The lowest BCUT2D eigenvalue weighted by molar-refractivity contribution is -0.903. The molecule has 5 nitrogen and oxygen atoms in total. The maximum Gasteiger partial charge on any atom is 0.296 e. The van der Waals surface area contributed by atoms with Crippen LogP contribution in [0.25, 0.3) is 0 Å². The van der Waals surface area contributed by atoms with Crippen LogP contribution < -0.4 is 9.80 Å². The maximum atomic E-state index is 13.2. The van der Waals surface area contributed by atoms with Crippen LogP contribution in [-0.2, 0) is 20.1 Å². The average molecular weight is 317 g/mol. The Morgan fingerprint density at radius 1 is 1.00 bits per heavy atom. The van der Waals surface area contributed by atoms with E-state index >= 15 is 0 Å². The molecule has 23 heavy (non-hydrogen) atoms. The summed E-state index contributed by atoms with van der Waals surface area (Å²) < 4.78 is 12.0. The maximum absolute atomic E-state index is 13.2. The first-order chi connectivity index (χ1) is 11.3. The van der Waals surface area contributed by atoms with E-state index in [0.717, 1.165) is 37.2 Å². The van der Waals surface area contributed by atoms with E-state index in [0.29, 0.717) is 19.9 Å². The molecule has 2 fully saturated rings. The summed E-state index contributed by atoms with van der Waals surface area (Å²) in [5.74, 6) is -1.25. The lowest BCUT2D eigenvalue weighted by Crippen LogP contribution is -3.14. The van der Waals surface area contributed by atoms with Gasteiger partial charge in [0.15, 0.2) is 6.67 Å². The Kier molecular flexibility index (Phi) is 4.09. The van der Waals surface area contributed by atoms with Gasteiger partial charge < -0.3 is 14.4 Å². The van der Waals surface area contributed by atoms with Crippen LogP contribution in [0.5, 0.6) is 0 Å². The third kappa shape index (κ3) is 2.57. The number of nitrogens with one attached hydrogen (secondary N) is 1. The Balaban J connectivity index is 1.66. The normalized spacial score (nSPS) is 24.7. The molecule has 0 saturated carbocycles. The van der Waals surface area contributed by atoms with Crippen LogP contribution in [0.3, 0.4) is 0 Å². The van der Waals surface area contributed by atoms with E-state index in [4.69, 9.17) is 9.47 Å². The van der Waals surface area contributed by atoms with Gasteiger partial charge in [-0.15, -0.1) is 0 Å². The minimum absolute atomic E-state index is 0.0429. The number of amides is 1. The van der Waals surface area contributed by atoms with Crippen molar-refractivity contribution < 1.29 is 19.2 Å². The lowest BCUT2D eigenvalue weighted by atomic mass is 10.1. The van der Waals surface area contributed by atoms with E-state index in [2.05, 4.69) is 0 Å². The van der Waals surface area contributed by atoms with E-state index in [-0.39, 0.29) is 5.91 Å². The second kappa shape index (κ2) is 6.23. The molecule has 1 aromatic carbocycles. The van der Waals surface area contributed by atoms with Crippen molar-refractivity contribution in [3.8, 4) is 0 Å². The van der Waals surface area contributed by atoms with Gasteiger partial charge in [-0.25, -0.2) is 0 Å². The molecule has 1 aromatic rings. The number of nitrogens with zero attached hydrogens (tertiary/aromatic N) is 1. The van der Waals surface area contributed by atoms with E-state index in [1.165, 1.54) is 24.2 Å².